The predicted molar refractivity (Wildman–Crippen MR) is 82.7 cm³/mol. The summed E-state index contributed by atoms with van der Waals surface area (Å²) < 4.78 is 70.5. The van der Waals surface area contributed by atoms with Crippen LogP contribution in [-0.2, 0) is 9.53 Å². The van der Waals surface area contributed by atoms with Crippen LogP contribution in [0, 0.1) is 39.2 Å². The van der Waals surface area contributed by atoms with E-state index in [4.69, 9.17) is 5.73 Å². The van der Waals surface area contributed by atoms with Gasteiger partial charge in [0.2, 0.25) is 5.82 Å². The van der Waals surface area contributed by atoms with Crippen LogP contribution in [0.15, 0.2) is 18.2 Å². The molecule has 0 radical (unpaired) electrons. The van der Waals surface area contributed by atoms with Crippen LogP contribution < -0.4 is 11.1 Å². The van der Waals surface area contributed by atoms with Crippen LogP contribution in [0.4, 0.5) is 39.0 Å². The SMILES string of the molecule is Nc1cc([N+](=O)[O-])ccc1C(=O)OCC(=O)Nc1c(F)c(F)c(F)c(F)c1F. The molecule has 0 heterocycles. The average molecular weight is 405 g/mol. The van der Waals surface area contributed by atoms with Crippen molar-refractivity contribution in [2.24, 2.45) is 0 Å². The molecule has 0 aliphatic heterocycles. The van der Waals surface area contributed by atoms with Crippen molar-refractivity contribution in [1.82, 2.24) is 0 Å². The molecule has 0 bridgehead atoms. The van der Waals surface area contributed by atoms with E-state index in [0.29, 0.717) is 0 Å². The number of esters is 1. The van der Waals surface area contributed by atoms with Crippen molar-refractivity contribution in [3.63, 3.8) is 0 Å². The zero-order valence-electron chi connectivity index (χ0n) is 13.4. The van der Waals surface area contributed by atoms with Crippen LogP contribution in [0.25, 0.3) is 0 Å². The van der Waals surface area contributed by atoms with Crippen molar-refractivity contribution in [2.75, 3.05) is 17.7 Å². The standard InChI is InChI=1S/C15H8F5N3O5/c16-9-10(17)12(19)14(13(20)11(9)18)22-8(24)4-28-15(25)6-2-1-5(23(26)27)3-7(6)21/h1-3H,4,21H2,(H,22,24). The maximum Gasteiger partial charge on any atom is 0.340 e. The van der Waals surface area contributed by atoms with Gasteiger partial charge in [0.05, 0.1) is 16.2 Å². The largest absolute Gasteiger partial charge is 0.452 e. The Kier molecular flexibility index (Phi) is 5.76. The molecule has 1 amide bonds. The van der Waals surface area contributed by atoms with E-state index in [0.717, 1.165) is 18.2 Å². The number of anilines is 2. The van der Waals surface area contributed by atoms with Gasteiger partial charge in [0.25, 0.3) is 11.6 Å². The zero-order valence-corrected chi connectivity index (χ0v) is 13.4. The number of nitrogen functional groups attached to an aromatic ring is 1. The van der Waals surface area contributed by atoms with Crippen LogP contribution >= 0.6 is 0 Å². The fourth-order valence-electron chi connectivity index (χ4n) is 1.95. The summed E-state index contributed by atoms with van der Waals surface area (Å²) in [5.41, 5.74) is 2.72. The molecule has 0 fully saturated rings. The van der Waals surface area contributed by atoms with E-state index in [1.807, 2.05) is 0 Å². The van der Waals surface area contributed by atoms with Gasteiger partial charge in [-0.3, -0.25) is 14.9 Å². The second kappa shape index (κ2) is 7.85. The summed E-state index contributed by atoms with van der Waals surface area (Å²) >= 11 is 0. The van der Waals surface area contributed by atoms with E-state index in [1.165, 1.54) is 5.32 Å². The van der Waals surface area contributed by atoms with Crippen molar-refractivity contribution in [3.05, 3.63) is 63.0 Å². The molecule has 0 aliphatic rings. The highest BCUT2D eigenvalue weighted by Gasteiger charge is 2.27. The lowest BCUT2D eigenvalue weighted by atomic mass is 10.1. The number of nitrogens with zero attached hydrogens (tertiary/aromatic N) is 1. The molecule has 0 aromatic heterocycles. The lowest BCUT2D eigenvalue weighted by Crippen LogP contribution is -2.23. The molecule has 0 spiro atoms. The number of hydrogen-bond acceptors (Lipinski definition) is 6. The van der Waals surface area contributed by atoms with Crippen molar-refractivity contribution in [3.8, 4) is 0 Å². The summed E-state index contributed by atoms with van der Waals surface area (Å²) in [4.78, 5) is 33.2. The average Bonchev–Trinajstić information content (AvgIpc) is 2.66. The van der Waals surface area contributed by atoms with E-state index in [-0.39, 0.29) is 11.3 Å². The second-order valence-electron chi connectivity index (χ2n) is 5.10. The Morgan fingerprint density at radius 3 is 2.07 bits per heavy atom. The van der Waals surface area contributed by atoms with E-state index in [1.54, 1.807) is 0 Å². The van der Waals surface area contributed by atoms with E-state index in [2.05, 4.69) is 4.74 Å². The van der Waals surface area contributed by atoms with Gasteiger partial charge < -0.3 is 15.8 Å². The number of nitrogens with two attached hydrogens (primary N) is 1. The molecule has 0 saturated carbocycles. The zero-order chi connectivity index (χ0) is 21.2. The third kappa shape index (κ3) is 3.97. The highest BCUT2D eigenvalue weighted by molar-refractivity contribution is 5.98. The Balaban J connectivity index is 2.10. The number of benzene rings is 2. The summed E-state index contributed by atoms with van der Waals surface area (Å²) in [5.74, 6) is -14.2. The molecule has 13 heteroatoms. The second-order valence-corrected chi connectivity index (χ2v) is 5.10. The number of carbonyl (C=O) groups excluding carboxylic acids is 2. The summed E-state index contributed by atoms with van der Waals surface area (Å²) in [6, 6.07) is 2.73. The van der Waals surface area contributed by atoms with Crippen LogP contribution in [0.5, 0.6) is 0 Å². The lowest BCUT2D eigenvalue weighted by molar-refractivity contribution is -0.384. The number of nitrogens with one attached hydrogen (secondary N) is 1. The third-order valence-corrected chi connectivity index (χ3v) is 3.27. The Morgan fingerprint density at radius 1 is 1.04 bits per heavy atom. The highest BCUT2D eigenvalue weighted by Crippen LogP contribution is 2.27. The summed E-state index contributed by atoms with van der Waals surface area (Å²) in [7, 11) is 0. The molecular formula is C15H8F5N3O5. The molecule has 0 saturated heterocycles. The third-order valence-electron chi connectivity index (χ3n) is 3.27. The molecule has 8 nitrogen and oxygen atoms in total. The molecular weight excluding hydrogens is 397 g/mol. The first-order chi connectivity index (χ1) is 13.0. The minimum Gasteiger partial charge on any atom is -0.452 e. The van der Waals surface area contributed by atoms with Gasteiger partial charge in [-0.15, -0.1) is 0 Å². The van der Waals surface area contributed by atoms with Gasteiger partial charge in [-0.25, -0.2) is 26.7 Å². The van der Waals surface area contributed by atoms with E-state index >= 15 is 0 Å². The number of ether oxygens (including phenoxy) is 1. The molecule has 28 heavy (non-hydrogen) atoms. The Morgan fingerprint density at radius 2 is 1.57 bits per heavy atom. The van der Waals surface area contributed by atoms with Crippen LogP contribution in [0.3, 0.4) is 0 Å². The maximum atomic E-state index is 13.5. The minimum atomic E-state index is -2.41. The predicted octanol–water partition coefficient (Wildman–Crippen LogP) is 2.67. The first-order valence-corrected chi connectivity index (χ1v) is 7.06. The van der Waals surface area contributed by atoms with Gasteiger partial charge in [-0.2, -0.15) is 0 Å². The van der Waals surface area contributed by atoms with Crippen molar-refractivity contribution >= 4 is 28.9 Å². The fraction of sp³-hybridized carbons (Fsp3) is 0.0667. The number of hydrogen-bond donors (Lipinski definition) is 2. The summed E-state index contributed by atoms with van der Waals surface area (Å²) in [6.07, 6.45) is 0. The fourth-order valence-corrected chi connectivity index (χ4v) is 1.95. The van der Waals surface area contributed by atoms with Gasteiger partial charge in [-0.05, 0) is 6.07 Å². The number of non-ortho nitro benzene ring substituents is 1. The number of carbonyl (C=O) groups is 2. The molecule has 148 valence electrons. The quantitative estimate of drug-likeness (QED) is 0.150. The number of nitro groups is 1. The highest BCUT2D eigenvalue weighted by atomic mass is 19.2. The minimum absolute atomic E-state index is 0.348. The Labute approximate surface area is 151 Å². The van der Waals surface area contributed by atoms with E-state index in [9.17, 15) is 41.7 Å². The van der Waals surface area contributed by atoms with E-state index < -0.39 is 63.9 Å². The van der Waals surface area contributed by atoms with Gasteiger partial charge >= 0.3 is 5.97 Å². The first kappa shape index (κ1) is 20.5. The van der Waals surface area contributed by atoms with Gasteiger partial charge in [0, 0.05) is 12.1 Å². The molecule has 0 unspecified atom stereocenters. The monoisotopic (exact) mass is 405 g/mol. The molecule has 2 aromatic rings. The van der Waals surface area contributed by atoms with Crippen LogP contribution in [0.1, 0.15) is 10.4 Å². The smallest absolute Gasteiger partial charge is 0.340 e. The molecule has 2 rings (SSSR count). The van der Waals surface area contributed by atoms with Gasteiger partial charge in [0.1, 0.15) is 5.69 Å². The number of nitro benzene ring substituents is 1. The Hall–Kier alpha value is -3.77. The molecule has 0 aliphatic carbocycles. The van der Waals surface area contributed by atoms with Crippen molar-refractivity contribution < 1.29 is 41.2 Å². The number of rotatable bonds is 5. The molecule has 3 N–H and O–H groups in total. The number of halogens is 5. The van der Waals surface area contributed by atoms with Crippen molar-refractivity contribution in [2.45, 2.75) is 0 Å². The van der Waals surface area contributed by atoms with Crippen LogP contribution in [0.2, 0.25) is 0 Å². The topological polar surface area (TPSA) is 125 Å². The van der Waals surface area contributed by atoms with Crippen LogP contribution in [-0.4, -0.2) is 23.4 Å². The maximum absolute atomic E-state index is 13.5. The first-order valence-electron chi connectivity index (χ1n) is 7.06. The number of amides is 1. The summed E-state index contributed by atoms with van der Waals surface area (Å²) in [5, 5.41) is 12.0. The molecule has 0 atom stereocenters. The normalized spacial score (nSPS) is 10.5. The molecule has 2 aromatic carbocycles. The Bertz CT molecular complexity index is 970. The van der Waals surface area contributed by atoms with Gasteiger partial charge in [-0.1, -0.05) is 0 Å². The summed E-state index contributed by atoms with van der Waals surface area (Å²) in [6.45, 7) is -1.17. The van der Waals surface area contributed by atoms with Gasteiger partial charge in [0.15, 0.2) is 29.9 Å². The lowest BCUT2D eigenvalue weighted by Gasteiger charge is -2.10. The van der Waals surface area contributed by atoms with Crippen molar-refractivity contribution in [1.29, 1.82) is 0 Å².